The molecule has 0 unspecified atom stereocenters. The molecule has 3 rings (SSSR count). The highest BCUT2D eigenvalue weighted by molar-refractivity contribution is 5.08. The number of aliphatic hydroxyl groups is 3. The average molecular weight is 284 g/mol. The first-order chi connectivity index (χ1) is 9.45. The standard InChI is InChI=1S/C12H16N2O6/c15-6-2-1-4-12(6)9(18)8(17)10(20-12)14-5-3-7(16)13-11(14)19/h3,5-6,8-10,15,17-18H,1-2,4H2,(H,13,16,19)/t6-,8-,9+,10-,12-/m1/s1. The molecule has 2 aliphatic rings. The Kier molecular flexibility index (Phi) is 3.05. The number of aliphatic hydroxyl groups excluding tert-OH is 3. The van der Waals surface area contributed by atoms with E-state index >= 15 is 0 Å². The largest absolute Gasteiger partial charge is 0.390 e. The molecule has 20 heavy (non-hydrogen) atoms. The third-order valence-corrected chi connectivity index (χ3v) is 4.19. The van der Waals surface area contributed by atoms with Crippen molar-refractivity contribution in [2.75, 3.05) is 0 Å². The van der Waals surface area contributed by atoms with Crippen LogP contribution in [0.5, 0.6) is 0 Å². The predicted molar refractivity (Wildman–Crippen MR) is 66.0 cm³/mol. The van der Waals surface area contributed by atoms with Gasteiger partial charge in [0.2, 0.25) is 0 Å². The summed E-state index contributed by atoms with van der Waals surface area (Å²) in [6, 6.07) is 1.12. The molecule has 2 heterocycles. The van der Waals surface area contributed by atoms with Crippen LogP contribution in [0.3, 0.4) is 0 Å². The summed E-state index contributed by atoms with van der Waals surface area (Å²) in [5, 5.41) is 30.3. The normalized spacial score (nSPS) is 40.5. The number of nitrogens with zero attached hydrogens (tertiary/aromatic N) is 1. The van der Waals surface area contributed by atoms with E-state index in [9.17, 15) is 24.9 Å². The van der Waals surface area contributed by atoms with Gasteiger partial charge in [-0.3, -0.25) is 14.3 Å². The molecule has 1 spiro atoms. The maximum Gasteiger partial charge on any atom is 0.330 e. The van der Waals surface area contributed by atoms with Gasteiger partial charge in [-0.05, 0) is 19.3 Å². The van der Waals surface area contributed by atoms with E-state index in [0.29, 0.717) is 19.3 Å². The van der Waals surface area contributed by atoms with E-state index < -0.39 is 41.4 Å². The molecule has 1 saturated heterocycles. The van der Waals surface area contributed by atoms with Crippen molar-refractivity contribution in [2.45, 2.75) is 49.4 Å². The molecule has 0 amide bonds. The van der Waals surface area contributed by atoms with E-state index in [1.165, 1.54) is 6.20 Å². The third kappa shape index (κ3) is 1.76. The zero-order valence-electron chi connectivity index (χ0n) is 10.6. The van der Waals surface area contributed by atoms with Crippen LogP contribution in [0.2, 0.25) is 0 Å². The van der Waals surface area contributed by atoms with Crippen LogP contribution in [0.1, 0.15) is 25.5 Å². The van der Waals surface area contributed by atoms with Gasteiger partial charge in [0, 0.05) is 12.3 Å². The Morgan fingerprint density at radius 3 is 2.70 bits per heavy atom. The van der Waals surface area contributed by atoms with Gasteiger partial charge in [0.25, 0.3) is 5.56 Å². The fourth-order valence-electron chi connectivity index (χ4n) is 3.12. The minimum atomic E-state index is -1.36. The highest BCUT2D eigenvalue weighted by atomic mass is 16.6. The van der Waals surface area contributed by atoms with E-state index in [1.54, 1.807) is 0 Å². The Hall–Kier alpha value is -1.48. The molecule has 0 radical (unpaired) electrons. The van der Waals surface area contributed by atoms with E-state index in [4.69, 9.17) is 4.74 Å². The van der Waals surface area contributed by atoms with Gasteiger partial charge in [-0.15, -0.1) is 0 Å². The summed E-state index contributed by atoms with van der Waals surface area (Å²) in [6.45, 7) is 0. The van der Waals surface area contributed by atoms with Crippen molar-refractivity contribution >= 4 is 0 Å². The number of hydrogen-bond donors (Lipinski definition) is 4. The van der Waals surface area contributed by atoms with Crippen molar-refractivity contribution < 1.29 is 20.1 Å². The summed E-state index contributed by atoms with van der Waals surface area (Å²) >= 11 is 0. The summed E-state index contributed by atoms with van der Waals surface area (Å²) in [4.78, 5) is 24.8. The maximum atomic E-state index is 11.7. The van der Waals surface area contributed by atoms with Crippen LogP contribution in [0, 0.1) is 0 Å². The molecule has 1 aromatic rings. The number of aromatic amines is 1. The molecule has 1 aromatic heterocycles. The van der Waals surface area contributed by atoms with Gasteiger partial charge in [-0.2, -0.15) is 0 Å². The lowest BCUT2D eigenvalue weighted by Crippen LogP contribution is -2.48. The van der Waals surface area contributed by atoms with Crippen molar-refractivity contribution in [1.29, 1.82) is 0 Å². The first kappa shape index (κ1) is 13.5. The smallest absolute Gasteiger partial charge is 0.330 e. The molecule has 5 atom stereocenters. The van der Waals surface area contributed by atoms with Crippen LogP contribution in [-0.4, -0.2) is 48.8 Å². The molecule has 2 fully saturated rings. The number of rotatable bonds is 1. The summed E-state index contributed by atoms with van der Waals surface area (Å²) in [5.74, 6) is 0. The van der Waals surface area contributed by atoms with Gasteiger partial charge >= 0.3 is 5.69 Å². The molecule has 1 saturated carbocycles. The Balaban J connectivity index is 2.00. The number of hydrogen-bond acceptors (Lipinski definition) is 6. The Labute approximate surface area is 113 Å². The molecule has 4 N–H and O–H groups in total. The fraction of sp³-hybridized carbons (Fsp3) is 0.667. The van der Waals surface area contributed by atoms with Crippen LogP contribution in [-0.2, 0) is 4.74 Å². The molecule has 110 valence electrons. The monoisotopic (exact) mass is 284 g/mol. The van der Waals surface area contributed by atoms with Crippen LogP contribution in [0.4, 0.5) is 0 Å². The van der Waals surface area contributed by atoms with Crippen LogP contribution >= 0.6 is 0 Å². The molecule has 1 aliphatic heterocycles. The first-order valence-electron chi connectivity index (χ1n) is 6.49. The fourth-order valence-corrected chi connectivity index (χ4v) is 3.12. The lowest BCUT2D eigenvalue weighted by molar-refractivity contribution is -0.149. The topological polar surface area (TPSA) is 125 Å². The zero-order valence-corrected chi connectivity index (χ0v) is 10.6. The Morgan fingerprint density at radius 2 is 2.10 bits per heavy atom. The molecule has 0 bridgehead atoms. The number of ether oxygens (including phenoxy) is 1. The second-order valence-corrected chi connectivity index (χ2v) is 5.32. The van der Waals surface area contributed by atoms with Crippen LogP contribution < -0.4 is 11.2 Å². The average Bonchev–Trinajstić information content (AvgIpc) is 2.88. The lowest BCUT2D eigenvalue weighted by atomic mass is 9.91. The number of aromatic nitrogens is 2. The minimum Gasteiger partial charge on any atom is -0.390 e. The lowest BCUT2D eigenvalue weighted by Gasteiger charge is -2.30. The predicted octanol–water partition coefficient (Wildman–Crippen LogP) is -1.93. The Morgan fingerprint density at radius 1 is 1.35 bits per heavy atom. The molecular weight excluding hydrogens is 268 g/mol. The number of nitrogens with one attached hydrogen (secondary N) is 1. The van der Waals surface area contributed by atoms with Crippen LogP contribution in [0.25, 0.3) is 0 Å². The highest BCUT2D eigenvalue weighted by Crippen LogP contribution is 2.46. The number of H-pyrrole nitrogens is 1. The van der Waals surface area contributed by atoms with E-state index in [0.717, 1.165) is 10.6 Å². The zero-order chi connectivity index (χ0) is 14.5. The molecule has 1 aliphatic carbocycles. The summed E-state index contributed by atoms with van der Waals surface area (Å²) in [6.07, 6.45) is -1.94. The van der Waals surface area contributed by atoms with Crippen molar-refractivity contribution in [2.24, 2.45) is 0 Å². The summed E-state index contributed by atoms with van der Waals surface area (Å²) in [5.41, 5.74) is -2.55. The highest BCUT2D eigenvalue weighted by Gasteiger charge is 2.60. The van der Waals surface area contributed by atoms with E-state index in [-0.39, 0.29) is 0 Å². The quantitative estimate of drug-likeness (QED) is 0.476. The van der Waals surface area contributed by atoms with Crippen molar-refractivity contribution in [3.05, 3.63) is 33.1 Å². The van der Waals surface area contributed by atoms with Gasteiger partial charge in [0.1, 0.15) is 17.8 Å². The van der Waals surface area contributed by atoms with Gasteiger partial charge in [0.05, 0.1) is 6.10 Å². The van der Waals surface area contributed by atoms with E-state index in [1.807, 2.05) is 0 Å². The molecule has 0 aromatic carbocycles. The second-order valence-electron chi connectivity index (χ2n) is 5.32. The van der Waals surface area contributed by atoms with Crippen LogP contribution in [0.15, 0.2) is 21.9 Å². The van der Waals surface area contributed by atoms with Crippen molar-refractivity contribution in [1.82, 2.24) is 9.55 Å². The van der Waals surface area contributed by atoms with Gasteiger partial charge in [-0.1, -0.05) is 0 Å². The van der Waals surface area contributed by atoms with Crippen molar-refractivity contribution in [3.63, 3.8) is 0 Å². The summed E-state index contributed by atoms with van der Waals surface area (Å²) < 4.78 is 6.65. The van der Waals surface area contributed by atoms with Gasteiger partial charge in [0.15, 0.2) is 6.23 Å². The van der Waals surface area contributed by atoms with E-state index in [2.05, 4.69) is 4.98 Å². The van der Waals surface area contributed by atoms with Crippen molar-refractivity contribution in [3.8, 4) is 0 Å². The molecule has 8 nitrogen and oxygen atoms in total. The first-order valence-corrected chi connectivity index (χ1v) is 6.49. The van der Waals surface area contributed by atoms with Gasteiger partial charge < -0.3 is 20.1 Å². The second kappa shape index (κ2) is 4.52. The summed E-state index contributed by atoms with van der Waals surface area (Å²) in [7, 11) is 0. The SMILES string of the molecule is O=c1ccn([C@@H]2O[C@@]3(CCC[C@H]3O)[C@@H](O)[C@H]2O)c(=O)[nH]1. The minimum absolute atomic E-state index is 0.404. The molecule has 8 heteroatoms. The third-order valence-electron chi connectivity index (χ3n) is 4.19. The maximum absolute atomic E-state index is 11.7. The molecular formula is C12H16N2O6. The Bertz CT molecular complexity index is 625. The van der Waals surface area contributed by atoms with Gasteiger partial charge in [-0.25, -0.2) is 4.79 Å².